The van der Waals surface area contributed by atoms with Crippen molar-refractivity contribution in [3.8, 4) is 5.75 Å². The van der Waals surface area contributed by atoms with Gasteiger partial charge in [0.05, 0.1) is 18.4 Å². The molecule has 27 heavy (non-hydrogen) atoms. The smallest absolute Gasteiger partial charge is 0.336 e. The van der Waals surface area contributed by atoms with Crippen LogP contribution in [0.15, 0.2) is 53.7 Å². The van der Waals surface area contributed by atoms with Crippen molar-refractivity contribution in [2.75, 3.05) is 18.6 Å². The molecule has 0 saturated heterocycles. The second-order valence-electron chi connectivity index (χ2n) is 7.04. The lowest BCUT2D eigenvalue weighted by Crippen LogP contribution is -2.37. The van der Waals surface area contributed by atoms with Crippen LogP contribution in [0.1, 0.15) is 29.0 Å². The summed E-state index contributed by atoms with van der Waals surface area (Å²) >= 11 is 0. The first-order valence-electron chi connectivity index (χ1n) is 8.93. The molecule has 4 rings (SSSR count). The van der Waals surface area contributed by atoms with E-state index in [1.807, 2.05) is 50.2 Å². The molecule has 0 radical (unpaired) electrons. The number of carbonyl (C=O) groups is 2. The first-order chi connectivity index (χ1) is 13.0. The average molecular weight is 363 g/mol. The van der Waals surface area contributed by atoms with E-state index in [1.54, 1.807) is 12.0 Å². The van der Waals surface area contributed by atoms with Crippen molar-refractivity contribution < 1.29 is 19.1 Å². The summed E-state index contributed by atoms with van der Waals surface area (Å²) in [6, 6.07) is 13.5. The molecular formula is C22H21NO4. The fourth-order valence-electron chi connectivity index (χ4n) is 3.95. The van der Waals surface area contributed by atoms with Crippen LogP contribution in [0.2, 0.25) is 0 Å². The first kappa shape index (κ1) is 17.3. The maximum Gasteiger partial charge on any atom is 0.336 e. The predicted octanol–water partition coefficient (Wildman–Crippen LogP) is 3.64. The van der Waals surface area contributed by atoms with Crippen LogP contribution in [0.5, 0.6) is 5.75 Å². The van der Waals surface area contributed by atoms with Gasteiger partial charge in [-0.05, 0) is 54.8 Å². The molecule has 2 aliphatic rings. The number of hydrogen-bond donors (Lipinski definition) is 0. The van der Waals surface area contributed by atoms with E-state index in [1.165, 1.54) is 0 Å². The van der Waals surface area contributed by atoms with E-state index in [0.29, 0.717) is 11.3 Å². The number of rotatable bonds is 3. The lowest BCUT2D eigenvalue weighted by Gasteiger charge is -2.32. The Morgan fingerprint density at radius 2 is 1.70 bits per heavy atom. The molecule has 0 aliphatic carbocycles. The number of benzene rings is 2. The highest BCUT2D eigenvalue weighted by atomic mass is 16.5. The number of aryl methyl sites for hydroxylation is 2. The average Bonchev–Trinajstić information content (AvgIpc) is 3.02. The zero-order chi connectivity index (χ0) is 19.1. The fraction of sp³-hybridized carbons (Fsp3) is 0.273. The Bertz CT molecular complexity index is 939. The lowest BCUT2D eigenvalue weighted by molar-refractivity contribution is -0.136. The number of methoxy groups -OCH3 is 1. The van der Waals surface area contributed by atoms with Crippen LogP contribution in [-0.4, -0.2) is 25.6 Å². The molecular weight excluding hydrogens is 342 g/mol. The molecule has 2 aliphatic heterocycles. The highest BCUT2D eigenvalue weighted by molar-refractivity contribution is 6.06. The van der Waals surface area contributed by atoms with E-state index in [0.717, 1.165) is 28.1 Å². The molecule has 5 heteroatoms. The lowest BCUT2D eigenvalue weighted by atomic mass is 9.84. The molecule has 1 amide bonds. The predicted molar refractivity (Wildman–Crippen MR) is 102 cm³/mol. The maximum atomic E-state index is 13.1. The monoisotopic (exact) mass is 363 g/mol. The Morgan fingerprint density at radius 1 is 1.04 bits per heavy atom. The van der Waals surface area contributed by atoms with Gasteiger partial charge in [0, 0.05) is 18.0 Å². The SMILES string of the molecule is COc1ccc(C2CC(=O)N(c3cc(C)cc(C)c3)C3=C2C(=O)OC3)cc1. The number of ether oxygens (including phenoxy) is 2. The van der Waals surface area contributed by atoms with E-state index in [2.05, 4.69) is 6.07 Å². The molecule has 5 nitrogen and oxygen atoms in total. The van der Waals surface area contributed by atoms with Gasteiger partial charge < -0.3 is 9.47 Å². The van der Waals surface area contributed by atoms with E-state index >= 15 is 0 Å². The van der Waals surface area contributed by atoms with Crippen molar-refractivity contribution in [3.63, 3.8) is 0 Å². The molecule has 2 heterocycles. The number of nitrogens with zero attached hydrogens (tertiary/aromatic N) is 1. The zero-order valence-electron chi connectivity index (χ0n) is 15.6. The molecule has 2 aromatic carbocycles. The summed E-state index contributed by atoms with van der Waals surface area (Å²) in [7, 11) is 1.61. The van der Waals surface area contributed by atoms with Crippen molar-refractivity contribution in [3.05, 3.63) is 70.4 Å². The van der Waals surface area contributed by atoms with Crippen LogP contribution in [0.3, 0.4) is 0 Å². The van der Waals surface area contributed by atoms with Crippen LogP contribution in [0.25, 0.3) is 0 Å². The van der Waals surface area contributed by atoms with Crippen molar-refractivity contribution in [2.45, 2.75) is 26.2 Å². The van der Waals surface area contributed by atoms with Gasteiger partial charge in [-0.25, -0.2) is 4.79 Å². The third kappa shape index (κ3) is 2.99. The van der Waals surface area contributed by atoms with Crippen LogP contribution in [-0.2, 0) is 14.3 Å². The van der Waals surface area contributed by atoms with Crippen molar-refractivity contribution >= 4 is 17.6 Å². The normalized spacial score (nSPS) is 19.2. The van der Waals surface area contributed by atoms with Crippen LogP contribution in [0, 0.1) is 13.8 Å². The van der Waals surface area contributed by atoms with Gasteiger partial charge in [0.2, 0.25) is 5.91 Å². The molecule has 1 atom stereocenters. The summed E-state index contributed by atoms with van der Waals surface area (Å²) in [5.74, 6) is 0.0714. The number of esters is 1. The van der Waals surface area contributed by atoms with Gasteiger partial charge in [-0.3, -0.25) is 9.69 Å². The summed E-state index contributed by atoms with van der Waals surface area (Å²) in [6.07, 6.45) is 0.229. The van der Waals surface area contributed by atoms with Gasteiger partial charge in [0.1, 0.15) is 12.4 Å². The van der Waals surface area contributed by atoms with Gasteiger partial charge in [-0.1, -0.05) is 18.2 Å². The standard InChI is InChI=1S/C22H21NO4/c1-13-8-14(2)10-16(9-13)23-19-12-27-22(25)21(19)18(11-20(23)24)15-4-6-17(26-3)7-5-15/h4-10,18H,11-12H2,1-3H3. The van der Waals surface area contributed by atoms with E-state index in [-0.39, 0.29) is 30.8 Å². The molecule has 0 N–H and O–H groups in total. The Labute approximate surface area is 158 Å². The van der Waals surface area contributed by atoms with Gasteiger partial charge in [-0.2, -0.15) is 0 Å². The Hall–Kier alpha value is -3.08. The van der Waals surface area contributed by atoms with Crippen molar-refractivity contribution in [1.82, 2.24) is 0 Å². The van der Waals surface area contributed by atoms with E-state index < -0.39 is 0 Å². The summed E-state index contributed by atoms with van der Waals surface area (Å²) < 4.78 is 10.5. The second kappa shape index (κ2) is 6.58. The number of cyclic esters (lactones) is 1. The van der Waals surface area contributed by atoms with E-state index in [4.69, 9.17) is 9.47 Å². The number of carbonyl (C=O) groups excluding carboxylic acids is 2. The van der Waals surface area contributed by atoms with E-state index in [9.17, 15) is 9.59 Å². The second-order valence-corrected chi connectivity index (χ2v) is 7.04. The minimum absolute atomic E-state index is 0.0298. The number of anilines is 1. The van der Waals surface area contributed by atoms with Gasteiger partial charge in [0.15, 0.2) is 0 Å². The first-order valence-corrected chi connectivity index (χ1v) is 8.93. The minimum atomic E-state index is -0.340. The Morgan fingerprint density at radius 3 is 2.33 bits per heavy atom. The largest absolute Gasteiger partial charge is 0.497 e. The van der Waals surface area contributed by atoms with Crippen molar-refractivity contribution in [2.24, 2.45) is 0 Å². The summed E-state index contributed by atoms with van der Waals surface area (Å²) in [5.41, 5.74) is 5.08. The summed E-state index contributed by atoms with van der Waals surface area (Å²) in [5, 5.41) is 0. The molecule has 1 unspecified atom stereocenters. The minimum Gasteiger partial charge on any atom is -0.497 e. The zero-order valence-corrected chi connectivity index (χ0v) is 15.6. The molecule has 138 valence electrons. The molecule has 0 spiro atoms. The van der Waals surface area contributed by atoms with Gasteiger partial charge in [0.25, 0.3) is 0 Å². The van der Waals surface area contributed by atoms with Crippen LogP contribution >= 0.6 is 0 Å². The Kier molecular flexibility index (Phi) is 4.22. The van der Waals surface area contributed by atoms with Crippen molar-refractivity contribution in [1.29, 1.82) is 0 Å². The van der Waals surface area contributed by atoms with Crippen LogP contribution in [0.4, 0.5) is 5.69 Å². The topological polar surface area (TPSA) is 55.8 Å². The highest BCUT2D eigenvalue weighted by Crippen LogP contribution is 2.42. The number of hydrogen-bond acceptors (Lipinski definition) is 4. The highest BCUT2D eigenvalue weighted by Gasteiger charge is 2.43. The van der Waals surface area contributed by atoms with Gasteiger partial charge in [-0.15, -0.1) is 0 Å². The third-order valence-corrected chi connectivity index (χ3v) is 5.10. The summed E-state index contributed by atoms with van der Waals surface area (Å²) in [4.78, 5) is 27.2. The maximum absolute atomic E-state index is 13.1. The number of amides is 1. The summed E-state index contributed by atoms with van der Waals surface area (Å²) in [6.45, 7) is 4.12. The molecule has 0 saturated carbocycles. The molecule has 0 fully saturated rings. The third-order valence-electron chi connectivity index (χ3n) is 5.10. The van der Waals surface area contributed by atoms with Gasteiger partial charge >= 0.3 is 5.97 Å². The quantitative estimate of drug-likeness (QED) is 0.781. The molecule has 0 aromatic heterocycles. The molecule has 0 bridgehead atoms. The fourth-order valence-corrected chi connectivity index (χ4v) is 3.95. The van der Waals surface area contributed by atoms with Crippen LogP contribution < -0.4 is 9.64 Å². The Balaban J connectivity index is 1.81. The molecule has 2 aromatic rings.